The molecule has 0 unspecified atom stereocenters. The van der Waals surface area contributed by atoms with Crippen molar-refractivity contribution in [2.24, 2.45) is 5.73 Å². The molecule has 0 saturated carbocycles. The molecule has 2 aromatic carbocycles. The summed E-state index contributed by atoms with van der Waals surface area (Å²) in [7, 11) is 0. The number of alkyl halides is 3. The molecule has 0 aliphatic carbocycles. The molecule has 2 N–H and O–H groups in total. The molecule has 0 aromatic heterocycles. The lowest BCUT2D eigenvalue weighted by Crippen LogP contribution is -2.11. The van der Waals surface area contributed by atoms with Crippen molar-refractivity contribution in [3.63, 3.8) is 0 Å². The SMILES string of the molecule is NCCc1ccc(OCc2ccccc2)c(C(F)(F)F)c1. The fourth-order valence-corrected chi connectivity index (χ4v) is 1.98. The van der Waals surface area contributed by atoms with Crippen LogP contribution >= 0.6 is 0 Å². The molecule has 0 bridgehead atoms. The standard InChI is InChI=1S/C16H16F3NO/c17-16(18,19)14-10-12(8-9-20)6-7-15(14)21-11-13-4-2-1-3-5-13/h1-7,10H,8-9,11,20H2. The number of ether oxygens (including phenoxy) is 1. The van der Waals surface area contributed by atoms with Crippen LogP contribution in [0.3, 0.4) is 0 Å². The molecule has 0 aliphatic heterocycles. The molecular formula is C16H16F3NO. The van der Waals surface area contributed by atoms with Crippen LogP contribution in [0.4, 0.5) is 13.2 Å². The zero-order chi connectivity index (χ0) is 15.3. The minimum absolute atomic E-state index is 0.0974. The largest absolute Gasteiger partial charge is 0.488 e. The van der Waals surface area contributed by atoms with Gasteiger partial charge in [0.2, 0.25) is 0 Å². The quantitative estimate of drug-likeness (QED) is 0.911. The van der Waals surface area contributed by atoms with Gasteiger partial charge in [0.15, 0.2) is 0 Å². The monoisotopic (exact) mass is 295 g/mol. The molecule has 0 saturated heterocycles. The van der Waals surface area contributed by atoms with Crippen molar-refractivity contribution in [2.75, 3.05) is 6.54 Å². The van der Waals surface area contributed by atoms with Crippen LogP contribution < -0.4 is 10.5 Å². The van der Waals surface area contributed by atoms with Gasteiger partial charge in [0.05, 0.1) is 5.56 Å². The van der Waals surface area contributed by atoms with Crippen molar-refractivity contribution in [1.29, 1.82) is 0 Å². The Morgan fingerprint density at radius 2 is 1.67 bits per heavy atom. The molecule has 0 spiro atoms. The second-order valence-corrected chi connectivity index (χ2v) is 4.64. The van der Waals surface area contributed by atoms with Crippen LogP contribution in [0.25, 0.3) is 0 Å². The summed E-state index contributed by atoms with van der Waals surface area (Å²) in [6, 6.07) is 13.1. The normalized spacial score (nSPS) is 11.4. The predicted molar refractivity (Wildman–Crippen MR) is 75.0 cm³/mol. The van der Waals surface area contributed by atoms with E-state index in [9.17, 15) is 13.2 Å². The summed E-state index contributed by atoms with van der Waals surface area (Å²) in [6.45, 7) is 0.404. The average molecular weight is 295 g/mol. The predicted octanol–water partition coefficient (Wildman–Crippen LogP) is 3.79. The van der Waals surface area contributed by atoms with Gasteiger partial charge in [-0.25, -0.2) is 0 Å². The van der Waals surface area contributed by atoms with E-state index < -0.39 is 11.7 Å². The van der Waals surface area contributed by atoms with E-state index in [0.29, 0.717) is 18.5 Å². The fourth-order valence-electron chi connectivity index (χ4n) is 1.98. The highest BCUT2D eigenvalue weighted by molar-refractivity contribution is 5.39. The van der Waals surface area contributed by atoms with Crippen LogP contribution in [-0.2, 0) is 19.2 Å². The third kappa shape index (κ3) is 4.23. The van der Waals surface area contributed by atoms with Crippen LogP contribution in [0, 0.1) is 0 Å². The number of halogens is 3. The number of rotatable bonds is 5. The Kier molecular flexibility index (Phi) is 4.85. The van der Waals surface area contributed by atoms with E-state index in [1.54, 1.807) is 18.2 Å². The first-order valence-electron chi connectivity index (χ1n) is 6.57. The minimum Gasteiger partial charge on any atom is -0.488 e. The molecule has 2 nitrogen and oxygen atoms in total. The Hall–Kier alpha value is -2.01. The smallest absolute Gasteiger partial charge is 0.419 e. The Morgan fingerprint density at radius 1 is 0.952 bits per heavy atom. The first kappa shape index (κ1) is 15.4. The molecular weight excluding hydrogens is 279 g/mol. The number of hydrogen-bond donors (Lipinski definition) is 1. The average Bonchev–Trinajstić information content (AvgIpc) is 2.46. The molecule has 0 heterocycles. The topological polar surface area (TPSA) is 35.2 Å². The summed E-state index contributed by atoms with van der Waals surface area (Å²) in [4.78, 5) is 0. The maximum atomic E-state index is 13.1. The van der Waals surface area contributed by atoms with Crippen LogP contribution in [-0.4, -0.2) is 6.54 Å². The first-order chi connectivity index (χ1) is 10.0. The minimum atomic E-state index is -4.45. The molecule has 0 atom stereocenters. The van der Waals surface area contributed by atoms with Crippen molar-refractivity contribution >= 4 is 0 Å². The molecule has 0 aliphatic rings. The summed E-state index contributed by atoms with van der Waals surface area (Å²) in [6.07, 6.45) is -4.04. The number of benzene rings is 2. The van der Waals surface area contributed by atoms with Gasteiger partial charge in [-0.1, -0.05) is 36.4 Å². The van der Waals surface area contributed by atoms with Crippen LogP contribution in [0.2, 0.25) is 0 Å². The van der Waals surface area contributed by atoms with Crippen molar-refractivity contribution in [2.45, 2.75) is 19.2 Å². The lowest BCUT2D eigenvalue weighted by molar-refractivity contribution is -0.139. The molecule has 5 heteroatoms. The van der Waals surface area contributed by atoms with Gasteiger partial charge in [0.25, 0.3) is 0 Å². The van der Waals surface area contributed by atoms with Gasteiger partial charge in [0, 0.05) is 0 Å². The summed E-state index contributed by atoms with van der Waals surface area (Å²) in [5.74, 6) is -0.160. The lowest BCUT2D eigenvalue weighted by Gasteiger charge is -2.15. The van der Waals surface area contributed by atoms with Gasteiger partial charge >= 0.3 is 6.18 Å². The van der Waals surface area contributed by atoms with Crippen molar-refractivity contribution in [3.8, 4) is 5.75 Å². The molecule has 21 heavy (non-hydrogen) atoms. The molecule has 2 aromatic rings. The highest BCUT2D eigenvalue weighted by Gasteiger charge is 2.34. The van der Waals surface area contributed by atoms with E-state index in [-0.39, 0.29) is 12.4 Å². The van der Waals surface area contributed by atoms with Crippen LogP contribution in [0.1, 0.15) is 16.7 Å². The summed E-state index contributed by atoms with van der Waals surface area (Å²) >= 11 is 0. The highest BCUT2D eigenvalue weighted by atomic mass is 19.4. The number of nitrogens with two attached hydrogens (primary N) is 1. The first-order valence-corrected chi connectivity index (χ1v) is 6.57. The van der Waals surface area contributed by atoms with E-state index in [1.165, 1.54) is 6.07 Å². The second kappa shape index (κ2) is 6.63. The van der Waals surface area contributed by atoms with E-state index in [2.05, 4.69) is 0 Å². The Balaban J connectivity index is 2.21. The van der Waals surface area contributed by atoms with Gasteiger partial charge in [-0.15, -0.1) is 0 Å². The van der Waals surface area contributed by atoms with Gasteiger partial charge in [-0.2, -0.15) is 13.2 Å². The van der Waals surface area contributed by atoms with E-state index in [1.807, 2.05) is 18.2 Å². The van der Waals surface area contributed by atoms with Crippen molar-refractivity contribution < 1.29 is 17.9 Å². The second-order valence-electron chi connectivity index (χ2n) is 4.64. The van der Waals surface area contributed by atoms with Crippen LogP contribution in [0.15, 0.2) is 48.5 Å². The van der Waals surface area contributed by atoms with E-state index in [4.69, 9.17) is 10.5 Å². The fraction of sp³-hybridized carbons (Fsp3) is 0.250. The van der Waals surface area contributed by atoms with E-state index in [0.717, 1.165) is 11.6 Å². The highest BCUT2D eigenvalue weighted by Crippen LogP contribution is 2.37. The zero-order valence-electron chi connectivity index (χ0n) is 11.4. The number of hydrogen-bond acceptors (Lipinski definition) is 2. The summed E-state index contributed by atoms with van der Waals surface area (Å²) < 4.78 is 44.6. The Bertz CT molecular complexity index is 582. The van der Waals surface area contributed by atoms with Gasteiger partial charge in [0.1, 0.15) is 12.4 Å². The molecule has 0 radical (unpaired) electrons. The maximum absolute atomic E-state index is 13.1. The van der Waals surface area contributed by atoms with Crippen molar-refractivity contribution in [1.82, 2.24) is 0 Å². The van der Waals surface area contributed by atoms with Crippen molar-refractivity contribution in [3.05, 3.63) is 65.2 Å². The van der Waals surface area contributed by atoms with Gasteiger partial charge < -0.3 is 10.5 Å². The van der Waals surface area contributed by atoms with Crippen LogP contribution in [0.5, 0.6) is 5.75 Å². The Morgan fingerprint density at radius 3 is 2.29 bits per heavy atom. The molecule has 2 rings (SSSR count). The third-order valence-corrected chi connectivity index (χ3v) is 3.02. The maximum Gasteiger partial charge on any atom is 0.419 e. The Labute approximate surface area is 121 Å². The lowest BCUT2D eigenvalue weighted by atomic mass is 10.1. The molecule has 112 valence electrons. The van der Waals surface area contributed by atoms with Gasteiger partial charge in [-0.05, 0) is 36.2 Å². The molecule has 0 fully saturated rings. The van der Waals surface area contributed by atoms with Gasteiger partial charge in [-0.3, -0.25) is 0 Å². The zero-order valence-corrected chi connectivity index (χ0v) is 11.4. The summed E-state index contributed by atoms with van der Waals surface area (Å²) in [5.41, 5.74) is 5.99. The third-order valence-electron chi connectivity index (χ3n) is 3.02. The summed E-state index contributed by atoms with van der Waals surface area (Å²) in [5, 5.41) is 0. The van der Waals surface area contributed by atoms with E-state index >= 15 is 0 Å². The molecule has 0 amide bonds.